The van der Waals surface area contributed by atoms with Gasteiger partial charge in [-0.25, -0.2) is 32.3 Å². The van der Waals surface area contributed by atoms with Crippen LogP contribution >= 0.6 is 0 Å². The molecule has 1 aromatic carbocycles. The van der Waals surface area contributed by atoms with Crippen molar-refractivity contribution in [1.82, 2.24) is 13.9 Å². The normalized spacial score (nSPS) is 41.3. The summed E-state index contributed by atoms with van der Waals surface area (Å²) < 4.78 is 34.0. The largest absolute Gasteiger partial charge is 0.393 e. The van der Waals surface area contributed by atoms with Crippen LogP contribution in [0.25, 0.3) is 5.69 Å². The molecule has 3 heterocycles. The van der Waals surface area contributed by atoms with Crippen molar-refractivity contribution in [1.29, 1.82) is 0 Å². The first-order chi connectivity index (χ1) is 20.7. The summed E-state index contributed by atoms with van der Waals surface area (Å²) in [6.45, 7) is 9.62. The van der Waals surface area contributed by atoms with Crippen LogP contribution in [0.3, 0.4) is 0 Å². The molecular formula is C35H47F2N3O4. The van der Waals surface area contributed by atoms with Gasteiger partial charge in [0.05, 0.1) is 29.0 Å². The molecule has 0 amide bonds. The molecule has 3 fully saturated rings. The highest BCUT2D eigenvalue weighted by Gasteiger charge is 2.76. The van der Waals surface area contributed by atoms with E-state index in [1.165, 1.54) is 4.57 Å². The van der Waals surface area contributed by atoms with E-state index in [9.17, 15) is 28.6 Å². The van der Waals surface area contributed by atoms with E-state index in [1.54, 1.807) is 47.5 Å². The molecule has 2 bridgehead atoms. The molecule has 2 N–H and O–H groups in total. The van der Waals surface area contributed by atoms with Crippen LogP contribution < -0.4 is 11.4 Å². The van der Waals surface area contributed by atoms with Gasteiger partial charge < -0.3 is 10.2 Å². The van der Waals surface area contributed by atoms with Gasteiger partial charge in [0.15, 0.2) is 0 Å². The molecule has 2 spiro atoms. The second kappa shape index (κ2) is 9.50. The molecular weight excluding hydrogens is 564 g/mol. The van der Waals surface area contributed by atoms with Crippen LogP contribution in [0.1, 0.15) is 86.0 Å². The Morgan fingerprint density at radius 1 is 0.955 bits per heavy atom. The average Bonchev–Trinajstić information content (AvgIpc) is 3.47. The number of alkyl halides is 2. The zero-order valence-corrected chi connectivity index (χ0v) is 26.5. The van der Waals surface area contributed by atoms with Crippen molar-refractivity contribution in [3.8, 4) is 5.69 Å². The lowest BCUT2D eigenvalue weighted by molar-refractivity contribution is -0.238. The van der Waals surface area contributed by atoms with E-state index in [0.717, 1.165) is 25.7 Å². The molecule has 10 atom stereocenters. The maximum absolute atomic E-state index is 14.7. The number of benzene rings is 1. The molecule has 0 radical (unpaired) electrons. The van der Waals surface area contributed by atoms with Crippen molar-refractivity contribution in [3.63, 3.8) is 0 Å². The molecule has 0 saturated heterocycles. The number of allylic oxidation sites excluding steroid dienone is 2. The molecule has 2 aliphatic heterocycles. The van der Waals surface area contributed by atoms with Crippen molar-refractivity contribution in [2.75, 3.05) is 0 Å². The fourth-order valence-corrected chi connectivity index (χ4v) is 11.4. The second-order valence-corrected chi connectivity index (χ2v) is 15.7. The zero-order chi connectivity index (χ0) is 31.6. The molecule has 3 saturated carbocycles. The monoisotopic (exact) mass is 611 g/mol. The number of para-hydroxylation sites is 1. The van der Waals surface area contributed by atoms with E-state index < -0.39 is 51.9 Å². The van der Waals surface area contributed by atoms with Crippen LogP contribution in [-0.2, 0) is 11.1 Å². The van der Waals surface area contributed by atoms with Crippen molar-refractivity contribution < 1.29 is 19.0 Å². The van der Waals surface area contributed by atoms with Crippen LogP contribution in [0, 0.1) is 40.4 Å². The fraction of sp³-hybridized carbons (Fsp3) is 0.714. The minimum atomic E-state index is -2.71. The Balaban J connectivity index is 1.41. The predicted molar refractivity (Wildman–Crippen MR) is 164 cm³/mol. The molecule has 8 rings (SSSR count). The Kier molecular flexibility index (Phi) is 6.51. The molecule has 1 aromatic heterocycles. The number of hydrogen-bond donors (Lipinski definition) is 2. The molecule has 6 aliphatic rings. The average molecular weight is 612 g/mol. The number of aliphatic hydroxyl groups is 2. The Hall–Kier alpha value is -2.52. The number of hydrogen-bond acceptors (Lipinski definition) is 4. The van der Waals surface area contributed by atoms with Crippen LogP contribution in [0.2, 0.25) is 0 Å². The Morgan fingerprint density at radius 3 is 2.32 bits per heavy atom. The summed E-state index contributed by atoms with van der Waals surface area (Å²) in [6, 6.07) is 8.96. The summed E-state index contributed by atoms with van der Waals surface area (Å²) >= 11 is 0. The highest BCUT2D eigenvalue weighted by Crippen LogP contribution is 2.74. The SMILES string of the molecule is CC(C)C(F)(F)CC[C@@H](C)[C@H]1CC[C@@H]2[C@]1(C)CC[C@H]1[C@]23C=C[C@]2(C[C@@H](O)C[C@H](O)[C@]12C)n1c(=O)n(-c2ccccc2)c(=O)n13. The van der Waals surface area contributed by atoms with Gasteiger partial charge in [-0.1, -0.05) is 65.0 Å². The lowest BCUT2D eigenvalue weighted by Gasteiger charge is -2.72. The summed E-state index contributed by atoms with van der Waals surface area (Å²) in [5.74, 6) is -3.29. The van der Waals surface area contributed by atoms with Gasteiger partial charge in [0, 0.05) is 24.2 Å². The maximum Gasteiger partial charge on any atom is 0.352 e. The molecule has 9 heteroatoms. The maximum atomic E-state index is 14.7. The van der Waals surface area contributed by atoms with Crippen molar-refractivity contribution >= 4 is 0 Å². The number of nitrogens with zero attached hydrogens (tertiary/aromatic N) is 3. The zero-order valence-electron chi connectivity index (χ0n) is 26.5. The molecule has 4 aliphatic carbocycles. The molecule has 7 nitrogen and oxygen atoms in total. The smallest absolute Gasteiger partial charge is 0.352 e. The molecule has 240 valence electrons. The van der Waals surface area contributed by atoms with E-state index in [-0.39, 0.29) is 48.3 Å². The Morgan fingerprint density at radius 2 is 1.64 bits per heavy atom. The van der Waals surface area contributed by atoms with Crippen molar-refractivity contribution in [2.24, 2.45) is 40.4 Å². The van der Waals surface area contributed by atoms with E-state index in [0.29, 0.717) is 12.1 Å². The van der Waals surface area contributed by atoms with E-state index in [1.807, 2.05) is 12.1 Å². The molecule has 2 aromatic rings. The van der Waals surface area contributed by atoms with Gasteiger partial charge in [-0.2, -0.15) is 0 Å². The van der Waals surface area contributed by atoms with Gasteiger partial charge in [-0.05, 0) is 79.7 Å². The van der Waals surface area contributed by atoms with E-state index in [4.69, 9.17) is 0 Å². The molecule has 44 heavy (non-hydrogen) atoms. The summed E-state index contributed by atoms with van der Waals surface area (Å²) in [5.41, 5.74) is -3.32. The van der Waals surface area contributed by atoms with E-state index >= 15 is 0 Å². The topological polar surface area (TPSA) is 89.4 Å². The minimum absolute atomic E-state index is 0.0211. The van der Waals surface area contributed by atoms with Crippen LogP contribution in [0.4, 0.5) is 8.78 Å². The third-order valence-electron chi connectivity index (χ3n) is 13.7. The summed E-state index contributed by atoms with van der Waals surface area (Å²) in [5, 5.41) is 22.9. The van der Waals surface area contributed by atoms with Gasteiger partial charge in [-0.15, -0.1) is 0 Å². The third kappa shape index (κ3) is 3.49. The number of rotatable bonds is 6. The van der Waals surface area contributed by atoms with Gasteiger partial charge in [0.25, 0.3) is 0 Å². The second-order valence-electron chi connectivity index (χ2n) is 15.7. The Labute approximate surface area is 257 Å². The fourth-order valence-electron chi connectivity index (χ4n) is 11.4. The Bertz CT molecular complexity index is 1610. The first-order valence-corrected chi connectivity index (χ1v) is 16.6. The quantitative estimate of drug-likeness (QED) is 0.426. The van der Waals surface area contributed by atoms with Crippen LogP contribution in [0.15, 0.2) is 52.1 Å². The highest BCUT2D eigenvalue weighted by molar-refractivity contribution is 5.38. The molecule has 0 unspecified atom stereocenters. The van der Waals surface area contributed by atoms with Crippen LogP contribution in [-0.4, -0.2) is 42.3 Å². The van der Waals surface area contributed by atoms with Gasteiger partial charge in [0.1, 0.15) is 0 Å². The van der Waals surface area contributed by atoms with E-state index in [2.05, 4.69) is 26.8 Å². The lowest BCUT2D eigenvalue weighted by atomic mass is 9.40. The van der Waals surface area contributed by atoms with Gasteiger partial charge in [-0.3, -0.25) is 0 Å². The number of aliphatic hydroxyl groups excluding tert-OH is 2. The minimum Gasteiger partial charge on any atom is -0.393 e. The standard InChI is InChI=1S/C35H47F2N3O4/c1-21(2)35(36,37)16-13-22(3)25-11-12-26-31(25,4)15-14-27-32(5)28(42)19-24(41)20-33(32)17-18-34(26,27)40-30(44)38(29(43)39(33)40)23-9-7-6-8-10-23/h6-10,17-18,21-22,24-28,41-42H,11-16,19-20H2,1-5H3/t22-,24+,25-,26-,27-,28+,31-,32+,33-,34+/m1/s1. The van der Waals surface area contributed by atoms with Gasteiger partial charge in [0.2, 0.25) is 5.92 Å². The van der Waals surface area contributed by atoms with Crippen molar-refractivity contribution in [2.45, 2.75) is 115 Å². The first kappa shape index (κ1) is 30.2. The number of aromatic nitrogens is 3. The van der Waals surface area contributed by atoms with Crippen LogP contribution in [0.5, 0.6) is 0 Å². The predicted octanol–water partition coefficient (Wildman–Crippen LogP) is 5.45. The van der Waals surface area contributed by atoms with Crippen molar-refractivity contribution in [3.05, 3.63) is 63.5 Å². The number of fused-ring (bicyclic) bond motifs is 1. The number of halogens is 2. The third-order valence-corrected chi connectivity index (χ3v) is 13.7. The highest BCUT2D eigenvalue weighted by atomic mass is 19.3. The van der Waals surface area contributed by atoms with Gasteiger partial charge >= 0.3 is 11.4 Å². The summed E-state index contributed by atoms with van der Waals surface area (Å²) in [4.78, 5) is 29.2. The summed E-state index contributed by atoms with van der Waals surface area (Å²) in [7, 11) is 0. The lowest BCUT2D eigenvalue weighted by Crippen LogP contribution is -2.79. The summed E-state index contributed by atoms with van der Waals surface area (Å²) in [6.07, 6.45) is 6.58. The first-order valence-electron chi connectivity index (χ1n) is 16.6.